The molecule has 0 saturated carbocycles. The molecule has 0 fully saturated rings. The summed E-state index contributed by atoms with van der Waals surface area (Å²) in [5.74, 6) is 0. The summed E-state index contributed by atoms with van der Waals surface area (Å²) in [7, 11) is 0. The highest BCUT2D eigenvalue weighted by Crippen LogP contribution is 2.15. The SMILES string of the molecule is CCc1nn(C(C)C)c2[nH]c(=O)[nH]c(=O)c12. The van der Waals surface area contributed by atoms with Gasteiger partial charge >= 0.3 is 5.69 Å². The minimum atomic E-state index is -0.498. The van der Waals surface area contributed by atoms with Gasteiger partial charge in [0.2, 0.25) is 0 Å². The van der Waals surface area contributed by atoms with E-state index < -0.39 is 5.69 Å². The van der Waals surface area contributed by atoms with Crippen molar-refractivity contribution in [2.45, 2.75) is 33.2 Å². The molecule has 0 unspecified atom stereocenters. The molecule has 2 heterocycles. The van der Waals surface area contributed by atoms with E-state index in [0.717, 1.165) is 0 Å². The third-order valence-electron chi connectivity index (χ3n) is 2.49. The first-order valence-corrected chi connectivity index (χ1v) is 5.28. The molecule has 0 radical (unpaired) electrons. The van der Waals surface area contributed by atoms with Crippen LogP contribution < -0.4 is 11.2 Å². The highest BCUT2D eigenvalue weighted by molar-refractivity contribution is 5.77. The average Bonchev–Trinajstić information content (AvgIpc) is 2.56. The minimum absolute atomic E-state index is 0.0975. The van der Waals surface area contributed by atoms with Gasteiger partial charge in [0.25, 0.3) is 5.56 Å². The number of aromatic nitrogens is 4. The third kappa shape index (κ3) is 1.46. The Morgan fingerprint density at radius 2 is 2.00 bits per heavy atom. The van der Waals surface area contributed by atoms with Crippen molar-refractivity contribution in [2.75, 3.05) is 0 Å². The van der Waals surface area contributed by atoms with Gasteiger partial charge < -0.3 is 0 Å². The highest BCUT2D eigenvalue weighted by Gasteiger charge is 2.15. The fourth-order valence-corrected chi connectivity index (χ4v) is 1.77. The van der Waals surface area contributed by atoms with Crippen molar-refractivity contribution in [3.05, 3.63) is 26.5 Å². The standard InChI is InChI=1S/C10H14N4O2/c1-4-6-7-8(14(13-6)5(2)3)11-10(16)12-9(7)15/h5H,4H2,1-3H3,(H2,11,12,15,16). The van der Waals surface area contributed by atoms with E-state index in [1.54, 1.807) is 4.68 Å². The Kier molecular flexibility index (Phi) is 2.41. The Hall–Kier alpha value is -1.85. The summed E-state index contributed by atoms with van der Waals surface area (Å²) in [6, 6.07) is 0.0975. The quantitative estimate of drug-likeness (QED) is 0.778. The predicted molar refractivity (Wildman–Crippen MR) is 60.7 cm³/mol. The monoisotopic (exact) mass is 222 g/mol. The van der Waals surface area contributed by atoms with E-state index in [2.05, 4.69) is 15.1 Å². The summed E-state index contributed by atoms with van der Waals surface area (Å²) in [6.45, 7) is 5.83. The Morgan fingerprint density at radius 3 is 2.56 bits per heavy atom. The fourth-order valence-electron chi connectivity index (χ4n) is 1.77. The predicted octanol–water partition coefficient (Wildman–Crippen LogP) is 0.556. The zero-order valence-electron chi connectivity index (χ0n) is 9.50. The maximum Gasteiger partial charge on any atom is 0.327 e. The van der Waals surface area contributed by atoms with Gasteiger partial charge in [0.05, 0.1) is 5.69 Å². The van der Waals surface area contributed by atoms with Crippen LogP contribution in [-0.2, 0) is 6.42 Å². The Morgan fingerprint density at radius 1 is 1.31 bits per heavy atom. The molecule has 0 aliphatic rings. The summed E-state index contributed by atoms with van der Waals surface area (Å²) in [5.41, 5.74) is 0.339. The summed E-state index contributed by atoms with van der Waals surface area (Å²) >= 11 is 0. The number of fused-ring (bicyclic) bond motifs is 1. The molecule has 0 spiro atoms. The van der Waals surface area contributed by atoms with E-state index in [1.165, 1.54) is 0 Å². The van der Waals surface area contributed by atoms with Crippen LogP contribution >= 0.6 is 0 Å². The second kappa shape index (κ2) is 3.62. The van der Waals surface area contributed by atoms with Crippen molar-refractivity contribution in [1.29, 1.82) is 0 Å². The molecule has 16 heavy (non-hydrogen) atoms. The third-order valence-corrected chi connectivity index (χ3v) is 2.49. The van der Waals surface area contributed by atoms with Crippen molar-refractivity contribution in [1.82, 2.24) is 19.7 Å². The van der Waals surface area contributed by atoms with E-state index in [-0.39, 0.29) is 11.6 Å². The number of aryl methyl sites for hydroxylation is 1. The van der Waals surface area contributed by atoms with E-state index in [4.69, 9.17) is 0 Å². The lowest BCUT2D eigenvalue weighted by Crippen LogP contribution is -2.23. The number of rotatable bonds is 2. The molecule has 0 atom stereocenters. The summed E-state index contributed by atoms with van der Waals surface area (Å²) < 4.78 is 1.67. The molecule has 0 aliphatic carbocycles. The molecule has 0 amide bonds. The molecule has 6 nitrogen and oxygen atoms in total. The summed E-state index contributed by atoms with van der Waals surface area (Å²) in [5, 5.41) is 4.82. The topological polar surface area (TPSA) is 83.5 Å². The number of hydrogen-bond donors (Lipinski definition) is 2. The Bertz CT molecular complexity index is 632. The summed E-state index contributed by atoms with van der Waals surface area (Å²) in [4.78, 5) is 27.8. The normalized spacial score (nSPS) is 11.5. The zero-order chi connectivity index (χ0) is 11.9. The fraction of sp³-hybridized carbons (Fsp3) is 0.500. The van der Waals surface area contributed by atoms with Crippen molar-refractivity contribution in [3.63, 3.8) is 0 Å². The number of aromatic amines is 2. The van der Waals surface area contributed by atoms with Gasteiger partial charge in [-0.25, -0.2) is 9.48 Å². The smallest absolute Gasteiger partial charge is 0.292 e. The maximum absolute atomic E-state index is 11.7. The van der Waals surface area contributed by atoms with Crippen molar-refractivity contribution < 1.29 is 0 Å². The molecule has 0 saturated heterocycles. The van der Waals surface area contributed by atoms with Gasteiger partial charge in [-0.05, 0) is 20.3 Å². The van der Waals surface area contributed by atoms with Crippen LogP contribution in [-0.4, -0.2) is 19.7 Å². The van der Waals surface area contributed by atoms with Gasteiger partial charge in [0.1, 0.15) is 11.0 Å². The van der Waals surface area contributed by atoms with Crippen LogP contribution in [0.3, 0.4) is 0 Å². The number of nitrogens with zero attached hydrogens (tertiary/aromatic N) is 2. The molecule has 86 valence electrons. The van der Waals surface area contributed by atoms with Crippen molar-refractivity contribution in [2.24, 2.45) is 0 Å². The van der Waals surface area contributed by atoms with Crippen LogP contribution in [0.15, 0.2) is 9.59 Å². The second-order valence-corrected chi connectivity index (χ2v) is 3.97. The molecule has 0 aromatic carbocycles. The highest BCUT2D eigenvalue weighted by atomic mass is 16.2. The van der Waals surface area contributed by atoms with Gasteiger partial charge in [0, 0.05) is 6.04 Å². The van der Waals surface area contributed by atoms with E-state index in [0.29, 0.717) is 23.1 Å². The maximum atomic E-state index is 11.7. The molecular formula is C10H14N4O2. The van der Waals surface area contributed by atoms with E-state index >= 15 is 0 Å². The number of H-pyrrole nitrogens is 2. The molecule has 2 aromatic heterocycles. The lowest BCUT2D eigenvalue weighted by Gasteiger charge is -2.05. The van der Waals surface area contributed by atoms with E-state index in [1.807, 2.05) is 20.8 Å². The second-order valence-electron chi connectivity index (χ2n) is 3.97. The minimum Gasteiger partial charge on any atom is -0.292 e. The first kappa shape index (κ1) is 10.7. The largest absolute Gasteiger partial charge is 0.327 e. The van der Waals surface area contributed by atoms with Gasteiger partial charge in [-0.1, -0.05) is 6.92 Å². The van der Waals surface area contributed by atoms with Crippen LogP contribution in [0.4, 0.5) is 0 Å². The summed E-state index contributed by atoms with van der Waals surface area (Å²) in [6.07, 6.45) is 0.658. The van der Waals surface area contributed by atoms with E-state index in [9.17, 15) is 9.59 Å². The van der Waals surface area contributed by atoms with Gasteiger partial charge in [-0.2, -0.15) is 5.10 Å². The average molecular weight is 222 g/mol. The van der Waals surface area contributed by atoms with Crippen LogP contribution in [0.1, 0.15) is 32.5 Å². The molecule has 2 rings (SSSR count). The van der Waals surface area contributed by atoms with Gasteiger partial charge in [-0.15, -0.1) is 0 Å². The van der Waals surface area contributed by atoms with Crippen LogP contribution in [0.25, 0.3) is 11.0 Å². The number of nitrogens with one attached hydrogen (secondary N) is 2. The lowest BCUT2D eigenvalue weighted by atomic mass is 10.2. The molecule has 0 bridgehead atoms. The van der Waals surface area contributed by atoms with Crippen molar-refractivity contribution >= 4 is 11.0 Å². The molecular weight excluding hydrogens is 208 g/mol. The number of hydrogen-bond acceptors (Lipinski definition) is 3. The zero-order valence-corrected chi connectivity index (χ0v) is 9.50. The first-order valence-electron chi connectivity index (χ1n) is 5.28. The molecule has 2 N–H and O–H groups in total. The van der Waals surface area contributed by atoms with Crippen LogP contribution in [0.2, 0.25) is 0 Å². The van der Waals surface area contributed by atoms with Crippen LogP contribution in [0.5, 0.6) is 0 Å². The molecule has 2 aromatic rings. The van der Waals surface area contributed by atoms with Gasteiger partial charge in [-0.3, -0.25) is 14.8 Å². The molecule has 6 heteroatoms. The van der Waals surface area contributed by atoms with Gasteiger partial charge in [0.15, 0.2) is 0 Å². The first-order chi connectivity index (χ1) is 7.54. The van der Waals surface area contributed by atoms with Crippen molar-refractivity contribution in [3.8, 4) is 0 Å². The lowest BCUT2D eigenvalue weighted by molar-refractivity contribution is 0.539. The molecule has 0 aliphatic heterocycles. The van der Waals surface area contributed by atoms with Crippen LogP contribution in [0, 0.1) is 0 Å². The Balaban J connectivity index is 2.96. The Labute approximate surface area is 91.3 Å².